The molecule has 3 rings (SSSR count). The van der Waals surface area contributed by atoms with Crippen molar-refractivity contribution in [2.45, 2.75) is 6.42 Å². The number of thiazole rings is 1. The van der Waals surface area contributed by atoms with Crippen LogP contribution in [0.25, 0.3) is 0 Å². The van der Waals surface area contributed by atoms with Crippen LogP contribution >= 0.6 is 34.5 Å². The SMILES string of the molecule is O=C(NCCc1ccc(Cl)cc1)c1csc(Nc2ccccc2Cl)n1. The van der Waals surface area contributed by atoms with Crippen molar-refractivity contribution in [3.8, 4) is 0 Å². The summed E-state index contributed by atoms with van der Waals surface area (Å²) in [6.07, 6.45) is 0.734. The van der Waals surface area contributed by atoms with E-state index >= 15 is 0 Å². The average Bonchev–Trinajstić information content (AvgIpc) is 3.07. The van der Waals surface area contributed by atoms with Crippen LogP contribution in [-0.2, 0) is 6.42 Å². The van der Waals surface area contributed by atoms with Crippen LogP contribution < -0.4 is 10.6 Å². The lowest BCUT2D eigenvalue weighted by Crippen LogP contribution is -2.25. The number of aromatic nitrogens is 1. The van der Waals surface area contributed by atoms with Crippen LogP contribution in [0.1, 0.15) is 16.1 Å². The molecule has 2 N–H and O–H groups in total. The van der Waals surface area contributed by atoms with Gasteiger partial charge < -0.3 is 10.6 Å². The Morgan fingerprint density at radius 2 is 1.84 bits per heavy atom. The maximum absolute atomic E-state index is 12.2. The van der Waals surface area contributed by atoms with Gasteiger partial charge >= 0.3 is 0 Å². The first kappa shape index (κ1) is 17.7. The summed E-state index contributed by atoms with van der Waals surface area (Å²) in [7, 11) is 0. The van der Waals surface area contributed by atoms with E-state index in [9.17, 15) is 4.79 Å². The molecule has 25 heavy (non-hydrogen) atoms. The summed E-state index contributed by atoms with van der Waals surface area (Å²) in [6, 6.07) is 15.0. The molecule has 0 spiro atoms. The van der Waals surface area contributed by atoms with Gasteiger partial charge in [0, 0.05) is 16.9 Å². The molecule has 3 aromatic rings. The zero-order valence-electron chi connectivity index (χ0n) is 13.1. The highest BCUT2D eigenvalue weighted by Gasteiger charge is 2.11. The van der Waals surface area contributed by atoms with Gasteiger partial charge in [0.25, 0.3) is 5.91 Å². The molecule has 0 aliphatic heterocycles. The number of anilines is 2. The number of carbonyl (C=O) groups is 1. The molecule has 1 heterocycles. The summed E-state index contributed by atoms with van der Waals surface area (Å²) in [6.45, 7) is 0.533. The predicted molar refractivity (Wildman–Crippen MR) is 104 cm³/mol. The minimum Gasteiger partial charge on any atom is -0.350 e. The number of benzene rings is 2. The van der Waals surface area contributed by atoms with Crippen LogP contribution in [-0.4, -0.2) is 17.4 Å². The van der Waals surface area contributed by atoms with Crippen molar-refractivity contribution in [3.63, 3.8) is 0 Å². The van der Waals surface area contributed by atoms with Crippen molar-refractivity contribution in [2.75, 3.05) is 11.9 Å². The second-order valence-corrected chi connectivity index (χ2v) is 6.98. The van der Waals surface area contributed by atoms with Gasteiger partial charge in [-0.2, -0.15) is 0 Å². The smallest absolute Gasteiger partial charge is 0.270 e. The maximum atomic E-state index is 12.2. The van der Waals surface area contributed by atoms with Gasteiger partial charge in [-0.05, 0) is 36.2 Å². The third kappa shape index (κ3) is 4.95. The zero-order chi connectivity index (χ0) is 17.6. The number of hydrogen-bond acceptors (Lipinski definition) is 4. The van der Waals surface area contributed by atoms with Crippen molar-refractivity contribution in [1.82, 2.24) is 10.3 Å². The fraction of sp³-hybridized carbons (Fsp3) is 0.111. The molecule has 0 unspecified atom stereocenters. The van der Waals surface area contributed by atoms with Crippen molar-refractivity contribution in [2.24, 2.45) is 0 Å². The van der Waals surface area contributed by atoms with Gasteiger partial charge in [-0.3, -0.25) is 4.79 Å². The Morgan fingerprint density at radius 1 is 1.08 bits per heavy atom. The number of nitrogens with one attached hydrogen (secondary N) is 2. The molecule has 128 valence electrons. The summed E-state index contributed by atoms with van der Waals surface area (Å²) in [5.74, 6) is -0.197. The van der Waals surface area contributed by atoms with Crippen LogP contribution in [0.4, 0.5) is 10.8 Å². The summed E-state index contributed by atoms with van der Waals surface area (Å²) in [5, 5.41) is 9.63. The number of carbonyl (C=O) groups excluding carboxylic acids is 1. The van der Waals surface area contributed by atoms with E-state index in [-0.39, 0.29) is 5.91 Å². The molecule has 0 aliphatic rings. The lowest BCUT2D eigenvalue weighted by atomic mass is 10.1. The first-order chi connectivity index (χ1) is 12.1. The van der Waals surface area contributed by atoms with E-state index in [1.54, 1.807) is 11.4 Å². The fourth-order valence-electron chi connectivity index (χ4n) is 2.18. The second kappa shape index (κ2) is 8.34. The second-order valence-electron chi connectivity index (χ2n) is 5.28. The van der Waals surface area contributed by atoms with Gasteiger partial charge in [0.05, 0.1) is 10.7 Å². The standard InChI is InChI=1S/C18H15Cl2N3OS/c19-13-7-5-12(6-8-13)9-10-21-17(24)16-11-25-18(23-16)22-15-4-2-1-3-14(15)20/h1-8,11H,9-10H2,(H,21,24)(H,22,23). The third-order valence-electron chi connectivity index (χ3n) is 3.46. The molecule has 0 saturated carbocycles. The molecule has 1 aromatic heterocycles. The quantitative estimate of drug-likeness (QED) is 0.609. The molecule has 0 saturated heterocycles. The van der Waals surface area contributed by atoms with Crippen molar-refractivity contribution >= 4 is 51.3 Å². The van der Waals surface area contributed by atoms with Gasteiger partial charge in [-0.1, -0.05) is 47.5 Å². The first-order valence-corrected chi connectivity index (χ1v) is 9.25. The number of para-hydroxylation sites is 1. The molecular formula is C18H15Cl2N3OS. The van der Waals surface area contributed by atoms with E-state index in [4.69, 9.17) is 23.2 Å². The minimum absolute atomic E-state index is 0.197. The molecule has 1 amide bonds. The number of nitrogens with zero attached hydrogens (tertiary/aromatic N) is 1. The normalized spacial score (nSPS) is 10.5. The molecule has 0 aliphatic carbocycles. The molecule has 0 fully saturated rings. The Morgan fingerprint density at radius 3 is 2.60 bits per heavy atom. The predicted octanol–water partition coefficient (Wildman–Crippen LogP) is 5.17. The molecule has 2 aromatic carbocycles. The van der Waals surface area contributed by atoms with E-state index in [0.29, 0.717) is 27.4 Å². The Bertz CT molecular complexity index is 865. The number of amides is 1. The lowest BCUT2D eigenvalue weighted by Gasteiger charge is -2.05. The Labute approximate surface area is 159 Å². The molecule has 0 radical (unpaired) electrons. The Kier molecular flexibility index (Phi) is 5.91. The molecule has 7 heteroatoms. The van der Waals surface area contributed by atoms with Crippen molar-refractivity contribution in [1.29, 1.82) is 0 Å². The summed E-state index contributed by atoms with van der Waals surface area (Å²) in [4.78, 5) is 16.5. The molecule has 0 atom stereocenters. The molecule has 4 nitrogen and oxygen atoms in total. The van der Waals surface area contributed by atoms with Gasteiger partial charge in [0.1, 0.15) is 5.69 Å². The monoisotopic (exact) mass is 391 g/mol. The maximum Gasteiger partial charge on any atom is 0.270 e. The van der Waals surface area contributed by atoms with Crippen molar-refractivity contribution in [3.05, 3.63) is 75.2 Å². The summed E-state index contributed by atoms with van der Waals surface area (Å²) < 4.78 is 0. The summed E-state index contributed by atoms with van der Waals surface area (Å²) >= 11 is 13.3. The third-order valence-corrected chi connectivity index (χ3v) is 4.80. The van der Waals surface area contributed by atoms with E-state index in [0.717, 1.165) is 17.7 Å². The van der Waals surface area contributed by atoms with Crippen LogP contribution in [0.15, 0.2) is 53.9 Å². The van der Waals surface area contributed by atoms with Crippen LogP contribution in [0, 0.1) is 0 Å². The van der Waals surface area contributed by atoms with E-state index < -0.39 is 0 Å². The highest BCUT2D eigenvalue weighted by molar-refractivity contribution is 7.14. The number of halogens is 2. The van der Waals surface area contributed by atoms with E-state index in [1.165, 1.54) is 11.3 Å². The average molecular weight is 392 g/mol. The largest absolute Gasteiger partial charge is 0.350 e. The fourth-order valence-corrected chi connectivity index (χ4v) is 3.19. The summed E-state index contributed by atoms with van der Waals surface area (Å²) in [5.41, 5.74) is 2.26. The van der Waals surface area contributed by atoms with Crippen LogP contribution in [0.3, 0.4) is 0 Å². The van der Waals surface area contributed by atoms with Crippen molar-refractivity contribution < 1.29 is 4.79 Å². The van der Waals surface area contributed by atoms with E-state index in [2.05, 4.69) is 15.6 Å². The van der Waals surface area contributed by atoms with E-state index in [1.807, 2.05) is 42.5 Å². The van der Waals surface area contributed by atoms with Gasteiger partial charge in [0.2, 0.25) is 0 Å². The Balaban J connectivity index is 1.53. The molecular weight excluding hydrogens is 377 g/mol. The van der Waals surface area contributed by atoms with Crippen LogP contribution in [0.5, 0.6) is 0 Å². The Hall–Kier alpha value is -2.08. The van der Waals surface area contributed by atoms with Gasteiger partial charge in [0.15, 0.2) is 5.13 Å². The zero-order valence-corrected chi connectivity index (χ0v) is 15.5. The van der Waals surface area contributed by atoms with Crippen LogP contribution in [0.2, 0.25) is 10.0 Å². The minimum atomic E-state index is -0.197. The van der Waals surface area contributed by atoms with Gasteiger partial charge in [-0.15, -0.1) is 11.3 Å². The highest BCUT2D eigenvalue weighted by Crippen LogP contribution is 2.26. The lowest BCUT2D eigenvalue weighted by molar-refractivity contribution is 0.0950. The first-order valence-electron chi connectivity index (χ1n) is 7.61. The number of rotatable bonds is 6. The highest BCUT2D eigenvalue weighted by atomic mass is 35.5. The van der Waals surface area contributed by atoms with Gasteiger partial charge in [-0.25, -0.2) is 4.98 Å². The number of hydrogen-bond donors (Lipinski definition) is 2. The topological polar surface area (TPSA) is 54.0 Å². The molecule has 0 bridgehead atoms.